The minimum atomic E-state index is -0.148. The third-order valence-electron chi connectivity index (χ3n) is 5.83. The summed E-state index contributed by atoms with van der Waals surface area (Å²) in [5, 5.41) is 2.61. The van der Waals surface area contributed by atoms with Crippen LogP contribution in [0.25, 0.3) is 0 Å². The monoisotopic (exact) mass is 406 g/mol. The van der Waals surface area contributed by atoms with Crippen LogP contribution in [-0.4, -0.2) is 67.0 Å². The number of rotatable bonds is 6. The Bertz CT molecular complexity index is 975. The summed E-state index contributed by atoms with van der Waals surface area (Å²) in [6.45, 7) is 5.63. The zero-order valence-electron chi connectivity index (χ0n) is 17.5. The third kappa shape index (κ3) is 3.98. The molecule has 3 heterocycles. The molecular weight excluding hydrogens is 380 g/mol. The van der Waals surface area contributed by atoms with Crippen molar-refractivity contribution in [2.24, 2.45) is 9.98 Å². The first-order valence-electron chi connectivity index (χ1n) is 10.3. The first-order chi connectivity index (χ1) is 14.5. The molecule has 30 heavy (non-hydrogen) atoms. The van der Waals surface area contributed by atoms with E-state index in [4.69, 9.17) is 4.74 Å². The van der Waals surface area contributed by atoms with Crippen molar-refractivity contribution in [3.63, 3.8) is 0 Å². The molecule has 1 N–H and O–H groups in total. The molecule has 1 saturated heterocycles. The van der Waals surface area contributed by atoms with Gasteiger partial charge in [0, 0.05) is 43.5 Å². The average molecular weight is 406 g/mol. The summed E-state index contributed by atoms with van der Waals surface area (Å²) >= 11 is 0. The summed E-state index contributed by atoms with van der Waals surface area (Å²) in [5.74, 6) is 0.499. The lowest BCUT2D eigenvalue weighted by molar-refractivity contribution is -0.114. The quantitative estimate of drug-likeness (QED) is 0.785. The largest absolute Gasteiger partial charge is 0.487 e. The van der Waals surface area contributed by atoms with Gasteiger partial charge in [0.15, 0.2) is 0 Å². The Kier molecular flexibility index (Phi) is 5.63. The van der Waals surface area contributed by atoms with Gasteiger partial charge in [-0.2, -0.15) is 0 Å². The first kappa shape index (κ1) is 20.2. The fraction of sp³-hybridized carbons (Fsp3) is 0.391. The van der Waals surface area contributed by atoms with Gasteiger partial charge in [0.2, 0.25) is 0 Å². The first-order valence-corrected chi connectivity index (χ1v) is 10.3. The zero-order chi connectivity index (χ0) is 21.3. The minimum absolute atomic E-state index is 0.0911. The Morgan fingerprint density at radius 2 is 2.07 bits per heavy atom. The second-order valence-electron chi connectivity index (χ2n) is 7.76. The number of hydrogen-bond donors (Lipinski definition) is 1. The molecule has 0 spiro atoms. The van der Waals surface area contributed by atoms with Crippen LogP contribution < -0.4 is 10.1 Å². The van der Waals surface area contributed by atoms with E-state index in [1.54, 1.807) is 19.2 Å². The number of aliphatic imine (C=N–C) groups is 2. The molecule has 0 radical (unpaired) electrons. The number of hydrogen-bond acceptors (Lipinski definition) is 5. The molecule has 4 rings (SSSR count). The molecule has 0 aliphatic carbocycles. The lowest BCUT2D eigenvalue weighted by atomic mass is 9.96. The highest BCUT2D eigenvalue weighted by Crippen LogP contribution is 2.26. The molecule has 1 aromatic rings. The van der Waals surface area contributed by atoms with Crippen LogP contribution in [0.1, 0.15) is 30.6 Å². The highest BCUT2D eigenvalue weighted by atomic mass is 16.5. The summed E-state index contributed by atoms with van der Waals surface area (Å²) in [5.41, 5.74) is 3.12. The van der Waals surface area contributed by atoms with Gasteiger partial charge in [-0.1, -0.05) is 6.92 Å². The predicted molar refractivity (Wildman–Crippen MR) is 116 cm³/mol. The summed E-state index contributed by atoms with van der Waals surface area (Å²) < 4.78 is 6.07. The highest BCUT2D eigenvalue weighted by Gasteiger charge is 2.37. The van der Waals surface area contributed by atoms with Crippen LogP contribution in [0.15, 0.2) is 57.5 Å². The van der Waals surface area contributed by atoms with E-state index in [0.29, 0.717) is 12.0 Å². The summed E-state index contributed by atoms with van der Waals surface area (Å²) in [7, 11) is 1.61. The molecule has 0 bridgehead atoms. The second-order valence-corrected chi connectivity index (χ2v) is 7.76. The van der Waals surface area contributed by atoms with E-state index in [-0.39, 0.29) is 30.0 Å². The Morgan fingerprint density at radius 3 is 2.73 bits per heavy atom. The molecule has 3 aliphatic rings. The zero-order valence-corrected chi connectivity index (χ0v) is 17.5. The lowest BCUT2D eigenvalue weighted by Gasteiger charge is -2.46. The second kappa shape index (κ2) is 8.36. The van der Waals surface area contributed by atoms with Crippen LogP contribution in [0.3, 0.4) is 0 Å². The Labute approximate surface area is 176 Å². The van der Waals surface area contributed by atoms with Crippen molar-refractivity contribution >= 4 is 23.7 Å². The van der Waals surface area contributed by atoms with Crippen LogP contribution in [-0.2, 0) is 4.79 Å². The summed E-state index contributed by atoms with van der Waals surface area (Å²) in [4.78, 5) is 34.8. The third-order valence-corrected chi connectivity index (χ3v) is 5.83. The van der Waals surface area contributed by atoms with Gasteiger partial charge in [-0.15, -0.1) is 0 Å². The fourth-order valence-electron chi connectivity index (χ4n) is 3.83. The van der Waals surface area contributed by atoms with Crippen molar-refractivity contribution in [3.8, 4) is 5.75 Å². The van der Waals surface area contributed by atoms with E-state index in [2.05, 4.69) is 27.1 Å². The molecule has 7 heteroatoms. The molecule has 0 aromatic heterocycles. The topological polar surface area (TPSA) is 83.4 Å². The molecule has 1 aromatic carbocycles. The molecule has 1 unspecified atom stereocenters. The predicted octanol–water partition coefficient (Wildman–Crippen LogP) is 2.19. The fourth-order valence-corrected chi connectivity index (χ4v) is 3.83. The minimum Gasteiger partial charge on any atom is -0.487 e. The Balaban J connectivity index is 1.32. The van der Waals surface area contributed by atoms with Crippen molar-refractivity contribution in [2.45, 2.75) is 38.5 Å². The van der Waals surface area contributed by atoms with E-state index < -0.39 is 0 Å². The van der Waals surface area contributed by atoms with Crippen LogP contribution in [0, 0.1) is 0 Å². The van der Waals surface area contributed by atoms with Crippen molar-refractivity contribution in [1.29, 1.82) is 0 Å². The van der Waals surface area contributed by atoms with E-state index >= 15 is 0 Å². The highest BCUT2D eigenvalue weighted by molar-refractivity contribution is 6.16. The molecule has 1 fully saturated rings. The van der Waals surface area contributed by atoms with E-state index in [0.717, 1.165) is 35.7 Å². The molecular formula is C23H26N4O3. The molecule has 3 aliphatic heterocycles. The smallest absolute Gasteiger partial charge is 0.272 e. The van der Waals surface area contributed by atoms with Gasteiger partial charge >= 0.3 is 0 Å². The van der Waals surface area contributed by atoms with Gasteiger partial charge in [0.25, 0.3) is 11.8 Å². The molecule has 2 amide bonds. The van der Waals surface area contributed by atoms with Crippen LogP contribution in [0.4, 0.5) is 0 Å². The average Bonchev–Trinajstić information content (AvgIpc) is 2.77. The number of fused-ring (bicyclic) bond motifs is 1. The van der Waals surface area contributed by atoms with Crippen LogP contribution in [0.5, 0.6) is 5.75 Å². The maximum atomic E-state index is 12.0. The number of nitrogens with one attached hydrogen (secondary N) is 1. The van der Waals surface area contributed by atoms with Crippen molar-refractivity contribution in [3.05, 3.63) is 53.1 Å². The van der Waals surface area contributed by atoms with Crippen molar-refractivity contribution < 1.29 is 14.3 Å². The molecule has 7 nitrogen and oxygen atoms in total. The van der Waals surface area contributed by atoms with E-state index in [1.165, 1.54) is 0 Å². The number of carbonyl (C=O) groups is 2. The molecule has 0 saturated carbocycles. The van der Waals surface area contributed by atoms with Gasteiger partial charge in [-0.05, 0) is 55.3 Å². The number of amides is 2. The van der Waals surface area contributed by atoms with Crippen molar-refractivity contribution in [1.82, 2.24) is 10.2 Å². The number of ether oxygens (including phenoxy) is 1. The number of likely N-dealkylation sites (tertiary alicyclic amines) is 1. The van der Waals surface area contributed by atoms with E-state index in [1.807, 2.05) is 37.4 Å². The summed E-state index contributed by atoms with van der Waals surface area (Å²) in [6, 6.07) is 7.29. The van der Waals surface area contributed by atoms with Gasteiger partial charge in [0.05, 0.1) is 5.71 Å². The Morgan fingerprint density at radius 1 is 1.30 bits per heavy atom. The van der Waals surface area contributed by atoms with Crippen LogP contribution >= 0.6 is 0 Å². The standard InChI is InChI=1S/C23H26N4O3/c1-4-16-10-19-20(26-23(16)29)9-15(11-25-19)12-27-13-21(14(27)2)30-18-7-5-17(6-8-18)22(28)24-3/h5-11,14,19,21H,4,12-13H2,1-3H3,(H,24,28)/t14-,19?,21+/m1/s1. The lowest BCUT2D eigenvalue weighted by Crippen LogP contribution is -2.61. The molecule has 156 valence electrons. The van der Waals surface area contributed by atoms with Crippen LogP contribution in [0.2, 0.25) is 0 Å². The van der Waals surface area contributed by atoms with Gasteiger partial charge in [0.1, 0.15) is 17.9 Å². The van der Waals surface area contributed by atoms with Gasteiger partial charge in [-0.3, -0.25) is 19.5 Å². The maximum Gasteiger partial charge on any atom is 0.272 e. The van der Waals surface area contributed by atoms with Crippen molar-refractivity contribution in [2.75, 3.05) is 20.1 Å². The van der Waals surface area contributed by atoms with Gasteiger partial charge < -0.3 is 10.1 Å². The van der Waals surface area contributed by atoms with E-state index in [9.17, 15) is 9.59 Å². The SMILES string of the molecule is CCC1=CC2N=CC(CN3C[C@H](Oc4ccc(C(=O)NC)cc4)[C@H]3C)=CC2=NC1=O. The summed E-state index contributed by atoms with van der Waals surface area (Å²) in [6.07, 6.45) is 6.56. The molecule has 3 atom stereocenters. The normalized spacial score (nSPS) is 25.5. The van der Waals surface area contributed by atoms with Gasteiger partial charge in [-0.25, -0.2) is 4.99 Å². The number of carbonyl (C=O) groups excluding carboxylic acids is 2. The number of dihydropyridines is 2. The number of nitrogens with zero attached hydrogens (tertiary/aromatic N) is 3. The maximum absolute atomic E-state index is 12.0. The number of benzene rings is 1. The Hall–Kier alpha value is -3.06.